The van der Waals surface area contributed by atoms with Crippen molar-refractivity contribution in [3.8, 4) is 11.5 Å². The van der Waals surface area contributed by atoms with Crippen molar-refractivity contribution in [1.82, 2.24) is 0 Å². The second kappa shape index (κ2) is 9.64. The molecule has 0 heterocycles. The molecule has 0 aliphatic rings. The van der Waals surface area contributed by atoms with Crippen LogP contribution in [0, 0.1) is 0 Å². The van der Waals surface area contributed by atoms with Crippen LogP contribution < -0.4 is 20.1 Å². The third-order valence-corrected chi connectivity index (χ3v) is 3.72. The molecule has 0 aliphatic carbocycles. The van der Waals surface area contributed by atoms with E-state index in [1.54, 1.807) is 42.5 Å². The van der Waals surface area contributed by atoms with Crippen LogP contribution in [0.4, 0.5) is 11.4 Å². The molecule has 6 nitrogen and oxygen atoms in total. The molecule has 0 aromatic heterocycles. The van der Waals surface area contributed by atoms with E-state index in [9.17, 15) is 9.59 Å². The van der Waals surface area contributed by atoms with E-state index in [-0.39, 0.29) is 11.8 Å². The van der Waals surface area contributed by atoms with Crippen molar-refractivity contribution >= 4 is 40.9 Å². The molecular weight excluding hydrogens is 368 g/mol. The molecule has 0 unspecified atom stereocenters. The molecule has 27 heavy (non-hydrogen) atoms. The van der Waals surface area contributed by atoms with Crippen LogP contribution in [0.25, 0.3) is 6.08 Å². The highest BCUT2D eigenvalue weighted by Gasteiger charge is 2.10. The minimum Gasteiger partial charge on any atom is -0.493 e. The topological polar surface area (TPSA) is 76.7 Å². The predicted octanol–water partition coefficient (Wildman–Crippen LogP) is 4.36. The largest absolute Gasteiger partial charge is 0.493 e. The first-order chi connectivity index (χ1) is 12.9. The Balaban J connectivity index is 2.05. The Bertz CT molecular complexity index is 848. The highest BCUT2D eigenvalue weighted by Crippen LogP contribution is 2.36. The van der Waals surface area contributed by atoms with E-state index in [2.05, 4.69) is 10.6 Å². The predicted molar refractivity (Wildman–Crippen MR) is 108 cm³/mol. The van der Waals surface area contributed by atoms with Gasteiger partial charge in [-0.15, -0.1) is 0 Å². The average molecular weight is 389 g/mol. The van der Waals surface area contributed by atoms with Gasteiger partial charge in [0.25, 0.3) is 0 Å². The molecule has 0 aliphatic heterocycles. The number of hydrogen-bond acceptors (Lipinski definition) is 4. The third-order valence-electron chi connectivity index (χ3n) is 3.44. The van der Waals surface area contributed by atoms with Gasteiger partial charge in [-0.25, -0.2) is 0 Å². The lowest BCUT2D eigenvalue weighted by atomic mass is 10.2. The van der Waals surface area contributed by atoms with Crippen LogP contribution in [0.15, 0.2) is 42.5 Å². The van der Waals surface area contributed by atoms with Gasteiger partial charge in [0, 0.05) is 24.4 Å². The summed E-state index contributed by atoms with van der Waals surface area (Å²) in [7, 11) is 1.53. The Labute approximate surface area is 163 Å². The Morgan fingerprint density at radius 3 is 2.30 bits per heavy atom. The molecule has 2 amide bonds. The van der Waals surface area contributed by atoms with Gasteiger partial charge >= 0.3 is 0 Å². The van der Waals surface area contributed by atoms with Crippen molar-refractivity contribution in [2.24, 2.45) is 0 Å². The SMILES string of the molecule is CCOc1c(Cl)cc(/C=C/C(=O)Nc2ccc(NC(C)=O)cc2)cc1OC. The van der Waals surface area contributed by atoms with E-state index >= 15 is 0 Å². The molecule has 0 saturated heterocycles. The number of anilines is 2. The molecule has 0 radical (unpaired) electrons. The Morgan fingerprint density at radius 1 is 1.11 bits per heavy atom. The van der Waals surface area contributed by atoms with Crippen molar-refractivity contribution < 1.29 is 19.1 Å². The Hall–Kier alpha value is -2.99. The minimum atomic E-state index is -0.300. The number of halogens is 1. The first-order valence-corrected chi connectivity index (χ1v) is 8.67. The zero-order valence-electron chi connectivity index (χ0n) is 15.3. The maximum absolute atomic E-state index is 12.1. The summed E-state index contributed by atoms with van der Waals surface area (Å²) in [5, 5.41) is 5.81. The highest BCUT2D eigenvalue weighted by atomic mass is 35.5. The Morgan fingerprint density at radius 2 is 1.74 bits per heavy atom. The van der Waals surface area contributed by atoms with Crippen LogP contribution in [0.5, 0.6) is 11.5 Å². The number of benzene rings is 2. The van der Waals surface area contributed by atoms with Gasteiger partial charge in [-0.3, -0.25) is 9.59 Å². The normalized spacial score (nSPS) is 10.5. The van der Waals surface area contributed by atoms with Crippen molar-refractivity contribution in [1.29, 1.82) is 0 Å². The van der Waals surface area contributed by atoms with Crippen LogP contribution in [-0.2, 0) is 9.59 Å². The molecular formula is C20H21ClN2O4. The summed E-state index contributed by atoms with van der Waals surface area (Å²) < 4.78 is 10.8. The van der Waals surface area contributed by atoms with Crippen LogP contribution >= 0.6 is 11.6 Å². The fourth-order valence-corrected chi connectivity index (χ4v) is 2.59. The van der Waals surface area contributed by atoms with Crippen molar-refractivity contribution in [3.05, 3.63) is 53.1 Å². The van der Waals surface area contributed by atoms with E-state index in [1.165, 1.54) is 20.1 Å². The summed E-state index contributed by atoms with van der Waals surface area (Å²) >= 11 is 6.22. The lowest BCUT2D eigenvalue weighted by molar-refractivity contribution is -0.114. The highest BCUT2D eigenvalue weighted by molar-refractivity contribution is 6.32. The molecule has 0 atom stereocenters. The number of hydrogen-bond donors (Lipinski definition) is 2. The molecule has 0 saturated carbocycles. The van der Waals surface area contributed by atoms with Gasteiger partial charge in [0.2, 0.25) is 11.8 Å². The first kappa shape index (κ1) is 20.3. The molecule has 2 N–H and O–H groups in total. The van der Waals surface area contributed by atoms with Crippen molar-refractivity contribution in [2.45, 2.75) is 13.8 Å². The number of carbonyl (C=O) groups excluding carboxylic acids is 2. The van der Waals surface area contributed by atoms with Gasteiger partial charge in [0.15, 0.2) is 11.5 Å². The number of nitrogens with one attached hydrogen (secondary N) is 2. The molecule has 2 aromatic rings. The molecule has 2 rings (SSSR count). The minimum absolute atomic E-state index is 0.154. The summed E-state index contributed by atoms with van der Waals surface area (Å²) in [5.74, 6) is 0.519. The van der Waals surface area contributed by atoms with Gasteiger partial charge in [0.1, 0.15) is 0 Å². The monoisotopic (exact) mass is 388 g/mol. The molecule has 0 spiro atoms. The zero-order chi connectivity index (χ0) is 19.8. The van der Waals surface area contributed by atoms with Crippen molar-refractivity contribution in [2.75, 3.05) is 24.4 Å². The maximum Gasteiger partial charge on any atom is 0.248 e. The molecule has 0 fully saturated rings. The van der Waals surface area contributed by atoms with E-state index < -0.39 is 0 Å². The van der Waals surface area contributed by atoms with Gasteiger partial charge < -0.3 is 20.1 Å². The van der Waals surface area contributed by atoms with Gasteiger partial charge in [-0.2, -0.15) is 0 Å². The van der Waals surface area contributed by atoms with Gasteiger partial charge in [-0.1, -0.05) is 11.6 Å². The number of amides is 2. The lowest BCUT2D eigenvalue weighted by Crippen LogP contribution is -2.08. The third kappa shape index (κ3) is 6.04. The van der Waals surface area contributed by atoms with E-state index in [4.69, 9.17) is 21.1 Å². The number of ether oxygens (including phenoxy) is 2. The van der Waals surface area contributed by atoms with Crippen LogP contribution in [0.1, 0.15) is 19.4 Å². The fourth-order valence-electron chi connectivity index (χ4n) is 2.32. The van der Waals surface area contributed by atoms with Crippen LogP contribution in [-0.4, -0.2) is 25.5 Å². The summed E-state index contributed by atoms with van der Waals surface area (Å²) in [4.78, 5) is 23.1. The van der Waals surface area contributed by atoms with Crippen LogP contribution in [0.3, 0.4) is 0 Å². The zero-order valence-corrected chi connectivity index (χ0v) is 16.1. The van der Waals surface area contributed by atoms with Gasteiger partial charge in [-0.05, 0) is 55.0 Å². The fraction of sp³-hybridized carbons (Fsp3) is 0.200. The molecule has 0 bridgehead atoms. The summed E-state index contributed by atoms with van der Waals surface area (Å²) in [5.41, 5.74) is 1.98. The second-order valence-electron chi connectivity index (χ2n) is 5.55. The van der Waals surface area contributed by atoms with Crippen molar-refractivity contribution in [3.63, 3.8) is 0 Å². The maximum atomic E-state index is 12.1. The van der Waals surface area contributed by atoms with E-state index in [0.29, 0.717) is 40.1 Å². The quantitative estimate of drug-likeness (QED) is 0.691. The summed E-state index contributed by atoms with van der Waals surface area (Å²) in [6, 6.07) is 10.3. The molecule has 142 valence electrons. The van der Waals surface area contributed by atoms with Crippen LogP contribution in [0.2, 0.25) is 5.02 Å². The standard InChI is InChI=1S/C20H21ClN2O4/c1-4-27-20-17(21)11-14(12-18(20)26-3)5-10-19(25)23-16-8-6-15(7-9-16)22-13(2)24/h5-12H,4H2,1-3H3,(H,22,24)(H,23,25)/b10-5+. The molecule has 2 aromatic carbocycles. The first-order valence-electron chi connectivity index (χ1n) is 8.30. The Kier molecular flexibility index (Phi) is 7.25. The summed E-state index contributed by atoms with van der Waals surface area (Å²) in [6.07, 6.45) is 3.03. The van der Waals surface area contributed by atoms with E-state index in [0.717, 1.165) is 0 Å². The number of methoxy groups -OCH3 is 1. The second-order valence-corrected chi connectivity index (χ2v) is 5.96. The van der Waals surface area contributed by atoms with Gasteiger partial charge in [0.05, 0.1) is 18.7 Å². The number of carbonyl (C=O) groups is 2. The average Bonchev–Trinajstić information content (AvgIpc) is 2.63. The summed E-state index contributed by atoms with van der Waals surface area (Å²) in [6.45, 7) is 3.76. The van der Waals surface area contributed by atoms with E-state index in [1.807, 2.05) is 6.92 Å². The smallest absolute Gasteiger partial charge is 0.248 e. The lowest BCUT2D eigenvalue weighted by Gasteiger charge is -2.11. The molecule has 7 heteroatoms. The number of rotatable bonds is 7.